The summed E-state index contributed by atoms with van der Waals surface area (Å²) in [7, 11) is 11.6. The maximum absolute atomic E-state index is 12.2. The van der Waals surface area contributed by atoms with Gasteiger partial charge in [-0.15, -0.1) is 12.8 Å². The van der Waals surface area contributed by atoms with Gasteiger partial charge in [-0.25, -0.2) is 0 Å². The molecule has 298 valence electrons. The Morgan fingerprint density at radius 3 is 0.962 bits per heavy atom. The molecule has 0 aromatic heterocycles. The second-order valence-corrected chi connectivity index (χ2v) is 13.6. The second kappa shape index (κ2) is 43.1. The van der Waals surface area contributed by atoms with Crippen molar-refractivity contribution in [1.29, 1.82) is 0 Å². The number of hydrogen-bond donors (Lipinski definition) is 0. The predicted molar refractivity (Wildman–Crippen MR) is 200 cm³/mol. The quantitative estimate of drug-likeness (QED) is 0.117. The van der Waals surface area contributed by atoms with Gasteiger partial charge in [0, 0.05) is 104 Å². The molecule has 14 heteroatoms. The molecule has 4 unspecified atom stereocenters. The van der Waals surface area contributed by atoms with Gasteiger partial charge in [-0.3, -0.25) is 44.5 Å². The maximum atomic E-state index is 12.2. The number of likely N-dealkylation sites (N-methyl/N-ethyl adjacent to an activating group) is 2. The van der Waals surface area contributed by atoms with E-state index in [1.807, 2.05) is 74.5 Å². The van der Waals surface area contributed by atoms with E-state index in [2.05, 4.69) is 13.8 Å². The molecule has 2 radical (unpaired) electrons. The molecule has 52 heavy (non-hydrogen) atoms. The van der Waals surface area contributed by atoms with E-state index in [9.17, 15) is 28.8 Å². The Balaban J connectivity index is -0.000000170. The number of carbonyl (C=O) groups excluding carboxylic acids is 8. The molecule has 0 saturated heterocycles. The van der Waals surface area contributed by atoms with E-state index >= 15 is 0 Å². The minimum atomic E-state index is 0. The van der Waals surface area contributed by atoms with Crippen LogP contribution in [0.25, 0.3) is 0 Å². The molecule has 0 rings (SSSR count). The monoisotopic (exact) mass is 886 g/mol. The summed E-state index contributed by atoms with van der Waals surface area (Å²) in [6, 6.07) is 0. The van der Waals surface area contributed by atoms with Gasteiger partial charge < -0.3 is 38.6 Å². The molecule has 0 saturated carbocycles. The van der Waals surface area contributed by atoms with Gasteiger partial charge in [-0.1, -0.05) is 26.7 Å². The Kier molecular flexibility index (Phi) is 52.6. The van der Waals surface area contributed by atoms with Crippen LogP contribution >= 0.6 is 0 Å². The molecule has 0 spiro atoms. The summed E-state index contributed by atoms with van der Waals surface area (Å²) in [5.74, 6) is 1.34. The molecule has 0 amide bonds. The Labute approximate surface area is 366 Å². The van der Waals surface area contributed by atoms with E-state index in [1.165, 1.54) is 26.4 Å². The Morgan fingerprint density at radius 2 is 0.769 bits per heavy atom. The maximum Gasteiger partial charge on any atom is 0.147 e. The van der Waals surface area contributed by atoms with E-state index in [1.54, 1.807) is 13.8 Å². The Bertz CT molecular complexity index is 880. The summed E-state index contributed by atoms with van der Waals surface area (Å²) in [4.78, 5) is 93.2. The first-order valence-electron chi connectivity index (χ1n) is 17.4. The average Bonchev–Trinajstić information content (AvgIpc) is 2.96. The van der Waals surface area contributed by atoms with Crippen molar-refractivity contribution in [1.82, 2.24) is 19.6 Å². The summed E-state index contributed by atoms with van der Waals surface area (Å²) in [6.45, 7) is 13.7. The van der Waals surface area contributed by atoms with Gasteiger partial charge in [-0.2, -0.15) is 13.8 Å². The summed E-state index contributed by atoms with van der Waals surface area (Å²) in [5, 5.41) is 0. The van der Waals surface area contributed by atoms with Crippen molar-refractivity contribution in [2.24, 2.45) is 23.7 Å². The van der Waals surface area contributed by atoms with Crippen LogP contribution in [0.2, 0.25) is 0 Å². The molecule has 0 heterocycles. The molecule has 0 aliphatic heterocycles. The van der Waals surface area contributed by atoms with Gasteiger partial charge >= 0.3 is 0 Å². The Hall–Kier alpha value is -0.592. The number of Topliss-reactive ketones (excluding diaryl/α,β-unsaturated/α-hetero) is 4. The fourth-order valence-electron chi connectivity index (χ4n) is 5.55. The summed E-state index contributed by atoms with van der Waals surface area (Å²) in [5.41, 5.74) is 0. The van der Waals surface area contributed by atoms with E-state index in [4.69, 9.17) is 9.59 Å². The summed E-state index contributed by atoms with van der Waals surface area (Å²) < 4.78 is 0. The van der Waals surface area contributed by atoms with E-state index in [-0.39, 0.29) is 100 Å². The summed E-state index contributed by atoms with van der Waals surface area (Å²) in [6.07, 6.45) is 11.2. The molecule has 4 atom stereocenters. The second-order valence-electron chi connectivity index (χ2n) is 13.6. The third kappa shape index (κ3) is 47.4. The van der Waals surface area contributed by atoms with Crippen LogP contribution in [0.5, 0.6) is 0 Å². The van der Waals surface area contributed by atoms with Gasteiger partial charge in [-0.05, 0) is 92.9 Å². The zero-order valence-electron chi connectivity index (χ0n) is 34.4. The van der Waals surface area contributed by atoms with Crippen molar-refractivity contribution in [3.05, 3.63) is 0 Å². The third-order valence-electron chi connectivity index (χ3n) is 7.36. The largest absolute Gasteiger partial charge is 0.542 e. The van der Waals surface area contributed by atoms with Crippen LogP contribution in [-0.4, -0.2) is 149 Å². The molecule has 12 nitrogen and oxygen atoms in total. The van der Waals surface area contributed by atoms with E-state index in [0.29, 0.717) is 76.5 Å². The van der Waals surface area contributed by atoms with Crippen LogP contribution in [0.15, 0.2) is 0 Å². The van der Waals surface area contributed by atoms with Gasteiger partial charge in [0.1, 0.15) is 23.1 Å². The number of carbonyl (C=O) groups is 4. The van der Waals surface area contributed by atoms with Crippen molar-refractivity contribution < 1.29 is 104 Å². The zero-order chi connectivity index (χ0) is 39.7. The normalized spacial score (nSPS) is 12.5. The first kappa shape index (κ1) is 63.4. The third-order valence-corrected chi connectivity index (χ3v) is 7.36. The first-order valence-corrected chi connectivity index (χ1v) is 17.4. The summed E-state index contributed by atoms with van der Waals surface area (Å²) >= 11 is 0. The number of ketones is 4. The number of nitrogens with zero attached hydrogens (tertiary/aromatic N) is 4. The van der Waals surface area contributed by atoms with Crippen molar-refractivity contribution in [2.45, 2.75) is 92.9 Å². The van der Waals surface area contributed by atoms with Gasteiger partial charge in [0.05, 0.1) is 13.1 Å². The minimum absolute atomic E-state index is 0. The molecule has 0 bridgehead atoms. The molecule has 0 aliphatic carbocycles. The van der Waals surface area contributed by atoms with Gasteiger partial charge in [0.15, 0.2) is 0 Å². The molecule has 0 N–H and O–H groups in total. The minimum Gasteiger partial charge on any atom is -0.542 e. The van der Waals surface area contributed by atoms with Gasteiger partial charge in [0.25, 0.3) is 0 Å². The van der Waals surface area contributed by atoms with E-state index in [0.717, 1.165) is 25.9 Å². The van der Waals surface area contributed by atoms with Crippen LogP contribution in [0, 0.1) is 23.7 Å². The molecule has 0 aliphatic rings. The van der Waals surface area contributed by atoms with Crippen LogP contribution in [0.4, 0.5) is 0 Å². The molecule has 0 aromatic carbocycles. The van der Waals surface area contributed by atoms with Crippen LogP contribution < -0.4 is 0 Å². The smallest absolute Gasteiger partial charge is 0.147 e. The van der Waals surface area contributed by atoms with Crippen molar-refractivity contribution in [3.8, 4) is 0 Å². The standard InChI is InChI=1S/2C17H31N2O3.2C2H3O.2Y/c2*1-6-15(9-14(2)21)12-19(5)13-17(22)10-16(7-8-20)11-18(3)4;2*1-2-3;;/h2*15-16H,6-7,9-13H2,1-5H3;2*1H3;;/q4*-1;;. The van der Waals surface area contributed by atoms with Crippen molar-refractivity contribution >= 4 is 48.3 Å². The van der Waals surface area contributed by atoms with Crippen LogP contribution in [0.3, 0.4) is 0 Å². The molecular formula is C38H68N4O8Y2-4. The predicted octanol–water partition coefficient (Wildman–Crippen LogP) is 3.35. The SMILES string of the molecule is CCC(CC(C)=O)CN(C)CC(=O)CC(C[C-]=O)CN(C)C.CCC(CC(C)=O)CN(C)CC(=O)CC(C[C-]=O)CN(C)C.C[C-]=O.C[C-]=O.[Y].[Y]. The van der Waals surface area contributed by atoms with Gasteiger partial charge in [0.2, 0.25) is 0 Å². The van der Waals surface area contributed by atoms with Crippen molar-refractivity contribution in [3.63, 3.8) is 0 Å². The average molecular weight is 887 g/mol. The fraction of sp³-hybridized carbons (Fsp3) is 0.789. The topological polar surface area (TPSA) is 150 Å². The molecule has 0 aromatic rings. The fourth-order valence-corrected chi connectivity index (χ4v) is 5.55. The molecular weight excluding hydrogens is 818 g/mol. The van der Waals surface area contributed by atoms with Crippen LogP contribution in [-0.2, 0) is 104 Å². The first-order chi connectivity index (χ1) is 23.4. The zero-order valence-corrected chi connectivity index (χ0v) is 40.1. The number of hydrogen-bond acceptors (Lipinski definition) is 12. The Morgan fingerprint density at radius 1 is 0.500 bits per heavy atom. The van der Waals surface area contributed by atoms with Crippen molar-refractivity contribution in [2.75, 3.05) is 81.6 Å². The molecule has 0 fully saturated rings. The van der Waals surface area contributed by atoms with E-state index < -0.39 is 0 Å². The number of rotatable bonds is 26. The van der Waals surface area contributed by atoms with Crippen LogP contribution in [0.1, 0.15) is 92.9 Å².